The number of nitrogens with zero attached hydrogens (tertiary/aromatic N) is 5. The van der Waals surface area contributed by atoms with Crippen LogP contribution in [0.25, 0.3) is 11.0 Å². The molecule has 1 saturated heterocycles. The van der Waals surface area contributed by atoms with Gasteiger partial charge in [-0.2, -0.15) is 0 Å². The van der Waals surface area contributed by atoms with Gasteiger partial charge in [0.1, 0.15) is 22.2 Å². The highest BCUT2D eigenvalue weighted by atomic mass is 16.6. The minimum atomic E-state index is -0.526. The van der Waals surface area contributed by atoms with Gasteiger partial charge in [-0.1, -0.05) is 0 Å². The molecule has 4 rings (SSSR count). The van der Waals surface area contributed by atoms with Crippen LogP contribution in [-0.2, 0) is 9.47 Å². The lowest BCUT2D eigenvalue weighted by atomic mass is 10.1. The Morgan fingerprint density at radius 1 is 1.07 bits per heavy atom. The van der Waals surface area contributed by atoms with Gasteiger partial charge in [-0.05, 0) is 33.6 Å². The number of methoxy groups -OCH3 is 1. The monoisotopic (exact) mass is 399 g/mol. The van der Waals surface area contributed by atoms with Crippen LogP contribution in [0.2, 0.25) is 0 Å². The summed E-state index contributed by atoms with van der Waals surface area (Å²) in [5.74, 6) is 0.166. The first-order valence-electron chi connectivity index (χ1n) is 9.68. The molecule has 0 atom stereocenters. The first kappa shape index (κ1) is 19.4. The van der Waals surface area contributed by atoms with Gasteiger partial charge in [0.2, 0.25) is 0 Å². The summed E-state index contributed by atoms with van der Waals surface area (Å²) in [7, 11) is 1.32. The Morgan fingerprint density at radius 2 is 1.76 bits per heavy atom. The Morgan fingerprint density at radius 3 is 2.38 bits per heavy atom. The molecule has 9 nitrogen and oxygen atoms in total. The van der Waals surface area contributed by atoms with Crippen LogP contribution in [0.5, 0.6) is 0 Å². The van der Waals surface area contributed by atoms with Crippen molar-refractivity contribution in [1.29, 1.82) is 0 Å². The van der Waals surface area contributed by atoms with E-state index in [1.54, 1.807) is 12.4 Å². The predicted molar refractivity (Wildman–Crippen MR) is 106 cm³/mol. The third-order valence-corrected chi connectivity index (χ3v) is 5.28. The fourth-order valence-electron chi connectivity index (χ4n) is 3.77. The number of pyridine rings is 1. The number of piperazine rings is 1. The second-order valence-electron chi connectivity index (χ2n) is 8.52. The molecule has 9 heteroatoms. The van der Waals surface area contributed by atoms with E-state index in [2.05, 4.69) is 19.9 Å². The van der Waals surface area contributed by atoms with Crippen LogP contribution in [0, 0.1) is 0 Å². The summed E-state index contributed by atoms with van der Waals surface area (Å²) in [5.41, 5.74) is 0.535. The third kappa shape index (κ3) is 3.56. The molecule has 3 heterocycles. The second-order valence-corrected chi connectivity index (χ2v) is 8.52. The van der Waals surface area contributed by atoms with Crippen molar-refractivity contribution in [2.24, 2.45) is 0 Å². The molecule has 1 aliphatic heterocycles. The van der Waals surface area contributed by atoms with Crippen molar-refractivity contribution in [3.8, 4) is 0 Å². The zero-order valence-electron chi connectivity index (χ0n) is 17.1. The van der Waals surface area contributed by atoms with Gasteiger partial charge < -0.3 is 14.4 Å². The summed E-state index contributed by atoms with van der Waals surface area (Å²) in [6.07, 6.45) is 6.19. The smallest absolute Gasteiger partial charge is 0.410 e. The van der Waals surface area contributed by atoms with Crippen molar-refractivity contribution in [3.63, 3.8) is 0 Å². The molecule has 2 aromatic rings. The fraction of sp³-hybridized carbons (Fsp3) is 0.550. The number of rotatable bonds is 2. The van der Waals surface area contributed by atoms with Crippen LogP contribution in [0.1, 0.15) is 44.0 Å². The highest BCUT2D eigenvalue weighted by molar-refractivity contribution is 6.04. The molecule has 29 heavy (non-hydrogen) atoms. The van der Waals surface area contributed by atoms with Crippen LogP contribution < -0.4 is 4.90 Å². The van der Waals surface area contributed by atoms with Gasteiger partial charge in [0.05, 0.1) is 12.6 Å². The predicted octanol–water partition coefficient (Wildman–Crippen LogP) is 2.40. The molecule has 2 fully saturated rings. The van der Waals surface area contributed by atoms with Crippen molar-refractivity contribution in [2.45, 2.75) is 44.8 Å². The SMILES string of the molecule is COC(=O)c1cnc(N2CCN(C(=O)OC(C)(C)C)C3(CC3)C2)c2nccnc12. The van der Waals surface area contributed by atoms with Crippen molar-refractivity contribution in [3.05, 3.63) is 24.2 Å². The molecule has 0 unspecified atom stereocenters. The zero-order valence-corrected chi connectivity index (χ0v) is 17.1. The summed E-state index contributed by atoms with van der Waals surface area (Å²) in [5, 5.41) is 0. The summed E-state index contributed by atoms with van der Waals surface area (Å²) in [6, 6.07) is 0. The Kier molecular flexibility index (Phi) is 4.55. The molecular formula is C20H25N5O4. The third-order valence-electron chi connectivity index (χ3n) is 5.28. The molecule has 0 radical (unpaired) electrons. The number of carbonyl (C=O) groups is 2. The van der Waals surface area contributed by atoms with E-state index in [9.17, 15) is 9.59 Å². The van der Waals surface area contributed by atoms with E-state index < -0.39 is 11.6 Å². The van der Waals surface area contributed by atoms with E-state index in [0.29, 0.717) is 36.5 Å². The molecule has 1 saturated carbocycles. The lowest BCUT2D eigenvalue weighted by molar-refractivity contribution is 0.0106. The molecule has 2 aromatic heterocycles. The van der Waals surface area contributed by atoms with Gasteiger partial charge in [0.15, 0.2) is 5.82 Å². The van der Waals surface area contributed by atoms with E-state index in [0.717, 1.165) is 12.8 Å². The zero-order chi connectivity index (χ0) is 20.8. The van der Waals surface area contributed by atoms with Gasteiger partial charge in [-0.15, -0.1) is 0 Å². The maximum atomic E-state index is 12.7. The van der Waals surface area contributed by atoms with Gasteiger partial charge >= 0.3 is 12.1 Å². The Labute approximate surface area is 169 Å². The average molecular weight is 399 g/mol. The maximum Gasteiger partial charge on any atom is 0.410 e. The Balaban J connectivity index is 1.63. The van der Waals surface area contributed by atoms with E-state index in [4.69, 9.17) is 9.47 Å². The minimum Gasteiger partial charge on any atom is -0.465 e. The van der Waals surface area contributed by atoms with Crippen molar-refractivity contribution in [1.82, 2.24) is 19.9 Å². The van der Waals surface area contributed by atoms with Crippen LogP contribution in [0.4, 0.5) is 10.6 Å². The molecule has 0 N–H and O–H groups in total. The van der Waals surface area contributed by atoms with Crippen LogP contribution >= 0.6 is 0 Å². The van der Waals surface area contributed by atoms with Gasteiger partial charge in [-0.25, -0.2) is 19.6 Å². The molecule has 0 aromatic carbocycles. The van der Waals surface area contributed by atoms with Crippen LogP contribution in [0.3, 0.4) is 0 Å². The van der Waals surface area contributed by atoms with Crippen LogP contribution in [0.15, 0.2) is 18.6 Å². The first-order valence-corrected chi connectivity index (χ1v) is 9.68. The summed E-state index contributed by atoms with van der Waals surface area (Å²) in [4.78, 5) is 42.0. The Bertz CT molecular complexity index is 967. The number of ether oxygens (including phenoxy) is 2. The first-order chi connectivity index (χ1) is 13.7. The number of fused-ring (bicyclic) bond motifs is 1. The average Bonchev–Trinajstić information content (AvgIpc) is 3.44. The van der Waals surface area contributed by atoms with Gasteiger partial charge in [0.25, 0.3) is 0 Å². The molecule has 1 spiro atoms. The van der Waals surface area contributed by atoms with E-state index in [1.165, 1.54) is 13.3 Å². The quantitative estimate of drug-likeness (QED) is 0.710. The van der Waals surface area contributed by atoms with Crippen LogP contribution in [-0.4, -0.2) is 69.8 Å². The minimum absolute atomic E-state index is 0.238. The summed E-state index contributed by atoms with van der Waals surface area (Å²) >= 11 is 0. The van der Waals surface area contributed by atoms with Crippen molar-refractivity contribution >= 4 is 28.9 Å². The molecule has 154 valence electrons. The maximum absolute atomic E-state index is 12.7. The largest absolute Gasteiger partial charge is 0.465 e. The number of aromatic nitrogens is 3. The molecular weight excluding hydrogens is 374 g/mol. The topological polar surface area (TPSA) is 97.8 Å². The highest BCUT2D eigenvalue weighted by Crippen LogP contribution is 2.46. The fourth-order valence-corrected chi connectivity index (χ4v) is 3.77. The summed E-state index contributed by atoms with van der Waals surface area (Å²) < 4.78 is 10.4. The van der Waals surface area contributed by atoms with E-state index in [1.807, 2.05) is 25.7 Å². The number of carbonyl (C=O) groups excluding carboxylic acids is 2. The second kappa shape index (κ2) is 6.82. The van der Waals surface area contributed by atoms with Crippen molar-refractivity contribution < 1.29 is 19.1 Å². The van der Waals surface area contributed by atoms with Gasteiger partial charge in [-0.3, -0.25) is 9.88 Å². The number of amides is 1. The summed E-state index contributed by atoms with van der Waals surface area (Å²) in [6.45, 7) is 7.39. The normalized spacial score (nSPS) is 18.1. The highest BCUT2D eigenvalue weighted by Gasteiger charge is 2.54. The molecule has 2 aliphatic rings. The lowest BCUT2D eigenvalue weighted by Crippen LogP contribution is -2.58. The molecule has 1 aliphatic carbocycles. The Hall–Kier alpha value is -2.97. The molecule has 1 amide bonds. The van der Waals surface area contributed by atoms with Gasteiger partial charge in [0, 0.05) is 38.2 Å². The lowest BCUT2D eigenvalue weighted by Gasteiger charge is -2.42. The van der Waals surface area contributed by atoms with E-state index >= 15 is 0 Å². The standard InChI is InChI=1S/C20H25N5O4/c1-19(2,3)29-18(27)25-10-9-24(12-20(25)5-6-20)16-15-14(21-7-8-22-15)13(11-23-16)17(26)28-4/h7-8,11H,5-6,9-10,12H2,1-4H3. The number of hydrogen-bond donors (Lipinski definition) is 0. The molecule has 0 bridgehead atoms. The van der Waals surface area contributed by atoms with Crippen molar-refractivity contribution in [2.75, 3.05) is 31.6 Å². The number of hydrogen-bond acceptors (Lipinski definition) is 8. The number of anilines is 1. The van der Waals surface area contributed by atoms with E-state index in [-0.39, 0.29) is 17.2 Å². The number of esters is 1.